The molecule has 1 rings (SSSR count). The molecule has 0 bridgehead atoms. The largest absolute Gasteiger partial charge is 0.495 e. The second-order valence-electron chi connectivity index (χ2n) is 2.99. The number of carbonyl (C=O) groups is 1. The van der Waals surface area contributed by atoms with E-state index < -0.39 is 21.6 Å². The highest BCUT2D eigenvalue weighted by Gasteiger charge is 2.23. The molecule has 0 fully saturated rings. The van der Waals surface area contributed by atoms with Crippen molar-refractivity contribution in [1.82, 2.24) is 0 Å². The molecule has 0 radical (unpaired) electrons. The second-order valence-corrected chi connectivity index (χ2v) is 4.94. The zero-order valence-corrected chi connectivity index (χ0v) is 9.78. The van der Waals surface area contributed by atoms with Gasteiger partial charge in [-0.05, 0) is 12.1 Å². The summed E-state index contributed by atoms with van der Waals surface area (Å²) in [5, 5.41) is 0. The molecule has 0 spiro atoms. The van der Waals surface area contributed by atoms with Crippen LogP contribution in [0, 0.1) is 0 Å². The smallest absolute Gasteiger partial charge is 0.321 e. The maximum Gasteiger partial charge on any atom is 0.321 e. The molecule has 0 aliphatic carbocycles. The van der Waals surface area contributed by atoms with Gasteiger partial charge >= 0.3 is 5.97 Å². The number of benzene rings is 1. The van der Waals surface area contributed by atoms with Crippen LogP contribution in [-0.4, -0.2) is 34.4 Å². The van der Waals surface area contributed by atoms with E-state index in [1.54, 1.807) is 12.1 Å². The Labute approximate surface area is 93.9 Å². The third-order valence-electron chi connectivity index (χ3n) is 1.94. The standard InChI is InChI=1S/C10H12O5S/c1-14-8-5-3-4-6-9(8)16(12,13)7-10(11)15-2/h3-6H,7H2,1-2H3. The molecular formula is C10H12O5S. The van der Waals surface area contributed by atoms with E-state index in [1.807, 2.05) is 0 Å². The maximum atomic E-state index is 11.8. The maximum absolute atomic E-state index is 11.8. The molecule has 0 aromatic heterocycles. The summed E-state index contributed by atoms with van der Waals surface area (Å²) in [6.45, 7) is 0. The Bertz CT molecular complexity index is 478. The van der Waals surface area contributed by atoms with Gasteiger partial charge in [0.2, 0.25) is 0 Å². The van der Waals surface area contributed by atoms with E-state index in [4.69, 9.17) is 4.74 Å². The number of hydrogen-bond acceptors (Lipinski definition) is 5. The summed E-state index contributed by atoms with van der Waals surface area (Å²) in [6.07, 6.45) is 0. The third kappa shape index (κ3) is 2.73. The minimum atomic E-state index is -3.71. The van der Waals surface area contributed by atoms with Crippen LogP contribution < -0.4 is 4.74 Å². The lowest BCUT2D eigenvalue weighted by Gasteiger charge is -2.07. The zero-order valence-electron chi connectivity index (χ0n) is 8.97. The van der Waals surface area contributed by atoms with E-state index in [0.29, 0.717) is 0 Å². The van der Waals surface area contributed by atoms with Gasteiger partial charge in [-0.1, -0.05) is 12.1 Å². The van der Waals surface area contributed by atoms with Crippen LogP contribution in [0.4, 0.5) is 0 Å². The van der Waals surface area contributed by atoms with Crippen molar-refractivity contribution in [1.29, 1.82) is 0 Å². The van der Waals surface area contributed by atoms with E-state index >= 15 is 0 Å². The van der Waals surface area contributed by atoms with Crippen molar-refractivity contribution in [3.63, 3.8) is 0 Å². The minimum Gasteiger partial charge on any atom is -0.495 e. The van der Waals surface area contributed by atoms with Crippen molar-refractivity contribution in [2.75, 3.05) is 20.0 Å². The average molecular weight is 244 g/mol. The molecule has 0 amide bonds. The number of hydrogen-bond donors (Lipinski definition) is 0. The number of rotatable bonds is 4. The average Bonchev–Trinajstić information content (AvgIpc) is 2.28. The summed E-state index contributed by atoms with van der Waals surface area (Å²) in [5.74, 6) is -1.28. The Morgan fingerprint density at radius 1 is 1.25 bits per heavy atom. The van der Waals surface area contributed by atoms with E-state index in [0.717, 1.165) is 7.11 Å². The Balaban J connectivity index is 3.12. The van der Waals surface area contributed by atoms with Crippen molar-refractivity contribution < 1.29 is 22.7 Å². The molecular weight excluding hydrogens is 232 g/mol. The van der Waals surface area contributed by atoms with Crippen LogP contribution >= 0.6 is 0 Å². The highest BCUT2D eigenvalue weighted by Crippen LogP contribution is 2.23. The highest BCUT2D eigenvalue weighted by atomic mass is 32.2. The summed E-state index contributed by atoms with van der Waals surface area (Å²) < 4.78 is 32.8. The van der Waals surface area contributed by atoms with Gasteiger partial charge in [-0.25, -0.2) is 8.42 Å². The van der Waals surface area contributed by atoms with E-state index in [2.05, 4.69) is 4.74 Å². The number of ether oxygens (including phenoxy) is 2. The lowest BCUT2D eigenvalue weighted by Crippen LogP contribution is -2.17. The number of methoxy groups -OCH3 is 2. The summed E-state index contributed by atoms with van der Waals surface area (Å²) in [7, 11) is -1.21. The fraction of sp³-hybridized carbons (Fsp3) is 0.300. The van der Waals surface area contributed by atoms with Gasteiger partial charge in [0.15, 0.2) is 15.6 Å². The van der Waals surface area contributed by atoms with Gasteiger partial charge in [0, 0.05) is 0 Å². The predicted octanol–water partition coefficient (Wildman–Crippen LogP) is 0.642. The number of para-hydroxylation sites is 1. The highest BCUT2D eigenvalue weighted by molar-refractivity contribution is 7.92. The summed E-state index contributed by atoms with van der Waals surface area (Å²) >= 11 is 0. The van der Waals surface area contributed by atoms with Crippen molar-refractivity contribution in [2.24, 2.45) is 0 Å². The van der Waals surface area contributed by atoms with E-state index in [-0.39, 0.29) is 10.6 Å². The van der Waals surface area contributed by atoms with Crippen LogP contribution in [0.5, 0.6) is 5.75 Å². The number of sulfone groups is 1. The van der Waals surface area contributed by atoms with Crippen LogP contribution in [-0.2, 0) is 19.4 Å². The predicted molar refractivity (Wildman–Crippen MR) is 57.1 cm³/mol. The van der Waals surface area contributed by atoms with Crippen molar-refractivity contribution in [3.05, 3.63) is 24.3 Å². The SMILES string of the molecule is COC(=O)CS(=O)(=O)c1ccccc1OC. The van der Waals surface area contributed by atoms with Gasteiger partial charge in [0.05, 0.1) is 14.2 Å². The summed E-state index contributed by atoms with van der Waals surface area (Å²) in [4.78, 5) is 10.9. The van der Waals surface area contributed by atoms with Crippen LogP contribution in [0.1, 0.15) is 0 Å². The molecule has 0 aliphatic rings. The van der Waals surface area contributed by atoms with Gasteiger partial charge in [0.1, 0.15) is 10.6 Å². The first kappa shape index (κ1) is 12.5. The van der Waals surface area contributed by atoms with Crippen LogP contribution in [0.2, 0.25) is 0 Å². The van der Waals surface area contributed by atoms with E-state index in [9.17, 15) is 13.2 Å². The monoisotopic (exact) mass is 244 g/mol. The zero-order chi connectivity index (χ0) is 12.2. The van der Waals surface area contributed by atoms with Gasteiger partial charge in [0.25, 0.3) is 0 Å². The topological polar surface area (TPSA) is 69.7 Å². The summed E-state index contributed by atoms with van der Waals surface area (Å²) in [6, 6.07) is 6.12. The second kappa shape index (κ2) is 4.98. The Morgan fingerprint density at radius 2 is 1.88 bits per heavy atom. The Morgan fingerprint density at radius 3 is 2.44 bits per heavy atom. The molecule has 88 valence electrons. The van der Waals surface area contributed by atoms with Crippen LogP contribution in [0.3, 0.4) is 0 Å². The van der Waals surface area contributed by atoms with Gasteiger partial charge < -0.3 is 9.47 Å². The van der Waals surface area contributed by atoms with Crippen molar-refractivity contribution in [2.45, 2.75) is 4.90 Å². The first-order valence-corrected chi connectivity index (χ1v) is 6.09. The van der Waals surface area contributed by atoms with Gasteiger partial charge in [-0.15, -0.1) is 0 Å². The lowest BCUT2D eigenvalue weighted by atomic mass is 10.3. The van der Waals surface area contributed by atoms with Crippen molar-refractivity contribution in [3.8, 4) is 5.75 Å². The Kier molecular flexibility index (Phi) is 3.89. The molecule has 0 aliphatic heterocycles. The number of esters is 1. The molecule has 16 heavy (non-hydrogen) atoms. The molecule has 1 aromatic carbocycles. The Hall–Kier alpha value is -1.56. The molecule has 0 saturated carbocycles. The van der Waals surface area contributed by atoms with Gasteiger partial charge in [-0.3, -0.25) is 4.79 Å². The van der Waals surface area contributed by atoms with Crippen LogP contribution in [0.15, 0.2) is 29.2 Å². The molecule has 6 heteroatoms. The molecule has 1 aromatic rings. The molecule has 0 heterocycles. The molecule has 0 N–H and O–H groups in total. The van der Waals surface area contributed by atoms with Crippen LogP contribution in [0.25, 0.3) is 0 Å². The molecule has 5 nitrogen and oxygen atoms in total. The van der Waals surface area contributed by atoms with E-state index in [1.165, 1.54) is 19.2 Å². The molecule has 0 unspecified atom stereocenters. The quantitative estimate of drug-likeness (QED) is 0.727. The fourth-order valence-corrected chi connectivity index (χ4v) is 2.50. The van der Waals surface area contributed by atoms with Gasteiger partial charge in [-0.2, -0.15) is 0 Å². The normalized spacial score (nSPS) is 10.9. The minimum absolute atomic E-state index is 0.0112. The van der Waals surface area contributed by atoms with Crippen molar-refractivity contribution >= 4 is 15.8 Å². The first-order valence-electron chi connectivity index (χ1n) is 4.44. The molecule has 0 atom stereocenters. The fourth-order valence-electron chi connectivity index (χ4n) is 1.17. The lowest BCUT2D eigenvalue weighted by molar-refractivity contribution is -0.137. The number of carbonyl (C=O) groups excluding carboxylic acids is 1. The third-order valence-corrected chi connectivity index (χ3v) is 3.56. The summed E-state index contributed by atoms with van der Waals surface area (Å²) in [5.41, 5.74) is 0. The molecule has 0 saturated heterocycles. The first-order chi connectivity index (χ1) is 7.51.